The number of hydrogen-bond acceptors (Lipinski definition) is 5. The Bertz CT molecular complexity index is 713. The van der Waals surface area contributed by atoms with Gasteiger partial charge in [0.25, 0.3) is 0 Å². The second-order valence-electron chi connectivity index (χ2n) is 4.74. The zero-order chi connectivity index (χ0) is 14.3. The van der Waals surface area contributed by atoms with Crippen molar-refractivity contribution >= 4 is 11.4 Å². The smallest absolute Gasteiger partial charge is 0.184 e. The van der Waals surface area contributed by atoms with E-state index in [-0.39, 0.29) is 0 Å². The number of fused-ring (bicyclic) bond motifs is 3. The van der Waals surface area contributed by atoms with E-state index in [0.29, 0.717) is 18.0 Å². The molecular weight excluding hydrogens is 254 g/mol. The van der Waals surface area contributed by atoms with Crippen molar-refractivity contribution in [1.29, 1.82) is 5.26 Å². The van der Waals surface area contributed by atoms with E-state index in [4.69, 9.17) is 10.5 Å². The third-order valence-electron chi connectivity index (χ3n) is 3.68. The summed E-state index contributed by atoms with van der Waals surface area (Å²) in [6, 6.07) is 3.67. The normalized spacial score (nSPS) is 13.2. The van der Waals surface area contributed by atoms with Gasteiger partial charge in [-0.2, -0.15) is 10.4 Å². The van der Waals surface area contributed by atoms with Gasteiger partial charge >= 0.3 is 0 Å². The maximum Gasteiger partial charge on any atom is 0.184 e. The van der Waals surface area contributed by atoms with Crippen LogP contribution in [0.25, 0.3) is 11.1 Å². The fourth-order valence-corrected chi connectivity index (χ4v) is 2.63. The summed E-state index contributed by atoms with van der Waals surface area (Å²) in [5.41, 5.74) is 10.4. The van der Waals surface area contributed by atoms with Crippen molar-refractivity contribution in [3.8, 4) is 23.1 Å². The summed E-state index contributed by atoms with van der Waals surface area (Å²) < 4.78 is 7.10. The van der Waals surface area contributed by atoms with E-state index in [0.717, 1.165) is 28.9 Å². The molecule has 1 aliphatic rings. The van der Waals surface area contributed by atoms with Crippen molar-refractivity contribution in [3.63, 3.8) is 0 Å². The van der Waals surface area contributed by atoms with Crippen LogP contribution in [0, 0.1) is 11.5 Å². The molecule has 2 aromatic rings. The lowest BCUT2D eigenvalue weighted by Gasteiger charge is -2.17. The van der Waals surface area contributed by atoms with Crippen molar-refractivity contribution < 1.29 is 4.74 Å². The molecular formula is C14H15N5O. The van der Waals surface area contributed by atoms with Crippen molar-refractivity contribution in [1.82, 2.24) is 9.78 Å². The summed E-state index contributed by atoms with van der Waals surface area (Å²) in [5, 5.41) is 13.7. The Morgan fingerprint density at radius 1 is 1.40 bits per heavy atom. The monoisotopic (exact) mass is 269 g/mol. The molecule has 0 radical (unpaired) electrons. The molecule has 20 heavy (non-hydrogen) atoms. The van der Waals surface area contributed by atoms with Gasteiger partial charge in [0.15, 0.2) is 6.19 Å². The number of nitrogen functional groups attached to an aromatic ring is 1. The molecule has 0 spiro atoms. The first kappa shape index (κ1) is 12.4. The minimum atomic E-state index is 0.556. The maximum absolute atomic E-state index is 9.36. The molecule has 0 atom stereocenters. The molecule has 0 fully saturated rings. The van der Waals surface area contributed by atoms with Crippen molar-refractivity contribution in [2.45, 2.75) is 6.42 Å². The first-order valence-electron chi connectivity index (χ1n) is 6.31. The van der Waals surface area contributed by atoms with Crippen LogP contribution in [0.4, 0.5) is 11.4 Å². The summed E-state index contributed by atoms with van der Waals surface area (Å²) in [5.74, 6) is 0.580. The minimum Gasteiger partial charge on any atom is -0.495 e. The Labute approximate surface area is 117 Å². The Hall–Kier alpha value is -2.68. The molecule has 6 heteroatoms. The van der Waals surface area contributed by atoms with E-state index in [1.807, 2.05) is 30.1 Å². The van der Waals surface area contributed by atoms with Gasteiger partial charge in [-0.05, 0) is 6.07 Å². The van der Waals surface area contributed by atoms with E-state index in [9.17, 15) is 5.26 Å². The third-order valence-corrected chi connectivity index (χ3v) is 3.68. The number of benzene rings is 1. The number of nitrogens with zero attached hydrogens (tertiary/aromatic N) is 4. The van der Waals surface area contributed by atoms with Gasteiger partial charge in [0.1, 0.15) is 5.75 Å². The van der Waals surface area contributed by atoms with Crippen LogP contribution in [0.3, 0.4) is 0 Å². The summed E-state index contributed by atoms with van der Waals surface area (Å²) in [6.45, 7) is 0.614. The fourth-order valence-electron chi connectivity index (χ4n) is 2.63. The lowest BCUT2D eigenvalue weighted by Crippen LogP contribution is -2.19. The number of methoxy groups -OCH3 is 1. The molecule has 0 bridgehead atoms. The molecule has 0 aliphatic carbocycles. The van der Waals surface area contributed by atoms with Crippen molar-refractivity contribution in [2.75, 3.05) is 24.3 Å². The molecule has 6 nitrogen and oxygen atoms in total. The van der Waals surface area contributed by atoms with Crippen LogP contribution in [0.1, 0.15) is 5.69 Å². The highest BCUT2D eigenvalue weighted by Crippen LogP contribution is 2.41. The van der Waals surface area contributed by atoms with Crippen LogP contribution in [0.5, 0.6) is 5.75 Å². The maximum atomic E-state index is 9.36. The number of ether oxygens (including phenoxy) is 1. The number of nitrogens with two attached hydrogens (primary N) is 1. The predicted molar refractivity (Wildman–Crippen MR) is 76.3 cm³/mol. The van der Waals surface area contributed by atoms with E-state index in [1.54, 1.807) is 12.0 Å². The summed E-state index contributed by atoms with van der Waals surface area (Å²) in [4.78, 5) is 1.66. The summed E-state index contributed by atoms with van der Waals surface area (Å²) >= 11 is 0. The molecule has 1 aromatic heterocycles. The lowest BCUT2D eigenvalue weighted by molar-refractivity contribution is 0.417. The molecule has 1 aliphatic heterocycles. The van der Waals surface area contributed by atoms with Crippen LogP contribution < -0.4 is 15.4 Å². The molecule has 0 unspecified atom stereocenters. The summed E-state index contributed by atoms with van der Waals surface area (Å²) in [7, 11) is 3.48. The van der Waals surface area contributed by atoms with Gasteiger partial charge < -0.3 is 10.5 Å². The SMILES string of the molecule is COc1cc2c(cc1N)-c1cnn(C)c1CCN2C#N. The van der Waals surface area contributed by atoms with Gasteiger partial charge in [0, 0.05) is 42.9 Å². The minimum absolute atomic E-state index is 0.556. The van der Waals surface area contributed by atoms with Gasteiger partial charge in [-0.25, -0.2) is 0 Å². The third kappa shape index (κ3) is 1.67. The van der Waals surface area contributed by atoms with Gasteiger partial charge in [0.2, 0.25) is 0 Å². The van der Waals surface area contributed by atoms with Crippen molar-refractivity contribution in [2.24, 2.45) is 7.05 Å². The number of aryl methyl sites for hydroxylation is 1. The van der Waals surface area contributed by atoms with E-state index in [1.165, 1.54) is 0 Å². The van der Waals surface area contributed by atoms with E-state index < -0.39 is 0 Å². The second kappa shape index (κ2) is 4.46. The summed E-state index contributed by atoms with van der Waals surface area (Å²) in [6.07, 6.45) is 4.80. The van der Waals surface area contributed by atoms with Crippen LogP contribution in [0.2, 0.25) is 0 Å². The van der Waals surface area contributed by atoms with Gasteiger partial charge in [-0.3, -0.25) is 9.58 Å². The predicted octanol–water partition coefficient (Wildman–Crippen LogP) is 1.52. The fraction of sp³-hybridized carbons (Fsp3) is 0.286. The van der Waals surface area contributed by atoms with Gasteiger partial charge in [-0.1, -0.05) is 0 Å². The molecule has 1 aromatic carbocycles. The number of hydrogen-bond donors (Lipinski definition) is 1. The number of nitriles is 1. The highest BCUT2D eigenvalue weighted by atomic mass is 16.5. The average Bonchev–Trinajstić information content (AvgIpc) is 2.74. The Morgan fingerprint density at radius 2 is 2.20 bits per heavy atom. The van der Waals surface area contributed by atoms with E-state index >= 15 is 0 Å². The Morgan fingerprint density at radius 3 is 2.90 bits per heavy atom. The standard InChI is InChI=1S/C14H15N5O/c1-18-12-3-4-19(8-15)13-6-14(20-2)11(16)5-9(13)10(12)7-17-18/h5-7H,3-4,16H2,1-2H3. The Kier molecular flexibility index (Phi) is 2.75. The highest BCUT2D eigenvalue weighted by molar-refractivity contribution is 5.86. The van der Waals surface area contributed by atoms with Crippen LogP contribution in [0.15, 0.2) is 18.3 Å². The molecule has 2 N–H and O–H groups in total. The highest BCUT2D eigenvalue weighted by Gasteiger charge is 2.24. The first-order valence-corrected chi connectivity index (χ1v) is 6.31. The molecule has 0 saturated heterocycles. The van der Waals surface area contributed by atoms with Crippen LogP contribution >= 0.6 is 0 Å². The largest absolute Gasteiger partial charge is 0.495 e. The molecule has 102 valence electrons. The number of aromatic nitrogens is 2. The topological polar surface area (TPSA) is 80.1 Å². The zero-order valence-corrected chi connectivity index (χ0v) is 11.4. The van der Waals surface area contributed by atoms with Crippen LogP contribution in [-0.4, -0.2) is 23.4 Å². The molecule has 2 heterocycles. The average molecular weight is 269 g/mol. The first-order chi connectivity index (χ1) is 9.65. The van der Waals surface area contributed by atoms with Gasteiger partial charge in [0.05, 0.1) is 24.7 Å². The quantitative estimate of drug-likeness (QED) is 0.627. The Balaban J connectivity index is 2.29. The van der Waals surface area contributed by atoms with Crippen LogP contribution in [-0.2, 0) is 13.5 Å². The molecule has 0 saturated carbocycles. The molecule has 0 amide bonds. The number of anilines is 2. The van der Waals surface area contributed by atoms with E-state index in [2.05, 4.69) is 11.3 Å². The van der Waals surface area contributed by atoms with Crippen molar-refractivity contribution in [3.05, 3.63) is 24.0 Å². The lowest BCUT2D eigenvalue weighted by atomic mass is 10.0. The zero-order valence-electron chi connectivity index (χ0n) is 11.4. The number of rotatable bonds is 1. The molecule has 3 rings (SSSR count). The second-order valence-corrected chi connectivity index (χ2v) is 4.74. The van der Waals surface area contributed by atoms with Gasteiger partial charge in [-0.15, -0.1) is 0 Å².